The molecule has 1 N–H and O–H groups in total. The molecule has 0 aliphatic rings. The average Bonchev–Trinajstić information content (AvgIpc) is 3.12. The summed E-state index contributed by atoms with van der Waals surface area (Å²) < 4.78 is 8.00. The third-order valence-corrected chi connectivity index (χ3v) is 6.14. The molecular weight excluding hydrogens is 440 g/mol. The largest absolute Gasteiger partial charge is 0.494 e. The van der Waals surface area contributed by atoms with Crippen LogP contribution in [0.4, 0.5) is 5.95 Å². The fourth-order valence-corrected chi connectivity index (χ4v) is 4.32. The molecule has 0 saturated heterocycles. The molecule has 7 nitrogen and oxygen atoms in total. The Morgan fingerprint density at radius 3 is 2.51 bits per heavy atom. The summed E-state index contributed by atoms with van der Waals surface area (Å²) in [5.41, 5.74) is 6.57. The summed E-state index contributed by atoms with van der Waals surface area (Å²) in [5.74, 6) is 0.605. The lowest BCUT2D eigenvalue weighted by Gasteiger charge is -2.24. The Bertz CT molecular complexity index is 1330. The minimum Gasteiger partial charge on any atom is -0.494 e. The molecule has 0 aliphatic carbocycles. The maximum Gasteiger partial charge on any atom is 0.307 e. The highest BCUT2D eigenvalue weighted by Crippen LogP contribution is 2.26. The van der Waals surface area contributed by atoms with Gasteiger partial charge in [-0.15, -0.1) is 0 Å². The zero-order chi connectivity index (χ0) is 24.9. The molecule has 0 radical (unpaired) electrons. The topological polar surface area (TPSA) is 80.5 Å². The van der Waals surface area contributed by atoms with E-state index in [1.54, 1.807) is 0 Å². The first-order valence-electron chi connectivity index (χ1n) is 11.8. The van der Waals surface area contributed by atoms with Crippen LogP contribution in [0.2, 0.25) is 0 Å². The molecule has 0 amide bonds. The van der Waals surface area contributed by atoms with Gasteiger partial charge in [-0.2, -0.15) is 0 Å². The zero-order valence-corrected chi connectivity index (χ0v) is 20.8. The summed E-state index contributed by atoms with van der Waals surface area (Å²) in [7, 11) is 1.92. The quantitative estimate of drug-likeness (QED) is 0.327. The van der Waals surface area contributed by atoms with Crippen LogP contribution in [0.3, 0.4) is 0 Å². The van der Waals surface area contributed by atoms with Gasteiger partial charge in [0.15, 0.2) is 0 Å². The highest BCUT2D eigenvalue weighted by atomic mass is 16.5. The summed E-state index contributed by atoms with van der Waals surface area (Å²) in [5, 5.41) is 10.1. The van der Waals surface area contributed by atoms with Gasteiger partial charge in [-0.1, -0.05) is 23.8 Å². The number of hydrogen-bond donors (Lipinski definition) is 1. The number of carboxylic acids is 1. The molecule has 7 heteroatoms. The van der Waals surface area contributed by atoms with E-state index in [1.807, 2.05) is 55.3 Å². The molecular formula is C28H32N4O3. The Kier molecular flexibility index (Phi) is 7.34. The van der Waals surface area contributed by atoms with Crippen LogP contribution in [0.15, 0.2) is 55.0 Å². The van der Waals surface area contributed by atoms with E-state index in [0.717, 1.165) is 47.3 Å². The van der Waals surface area contributed by atoms with Crippen molar-refractivity contribution in [3.8, 4) is 5.75 Å². The van der Waals surface area contributed by atoms with Crippen LogP contribution in [-0.4, -0.2) is 38.8 Å². The molecule has 0 spiro atoms. The molecule has 4 rings (SSSR count). The fourth-order valence-electron chi connectivity index (χ4n) is 4.32. The van der Waals surface area contributed by atoms with Gasteiger partial charge < -0.3 is 19.3 Å². The summed E-state index contributed by atoms with van der Waals surface area (Å²) in [6.07, 6.45) is 6.34. The lowest BCUT2D eigenvalue weighted by molar-refractivity contribution is -0.136. The summed E-state index contributed by atoms with van der Waals surface area (Å²) in [6, 6.07) is 12.4. The smallest absolute Gasteiger partial charge is 0.307 e. The summed E-state index contributed by atoms with van der Waals surface area (Å²) >= 11 is 0. The van der Waals surface area contributed by atoms with Crippen molar-refractivity contribution in [3.63, 3.8) is 0 Å². The third-order valence-electron chi connectivity index (χ3n) is 6.14. The van der Waals surface area contributed by atoms with Gasteiger partial charge >= 0.3 is 5.97 Å². The van der Waals surface area contributed by atoms with E-state index in [0.29, 0.717) is 12.6 Å². The van der Waals surface area contributed by atoms with Crippen molar-refractivity contribution in [3.05, 3.63) is 82.8 Å². The second-order valence-corrected chi connectivity index (χ2v) is 9.13. The number of aliphatic carboxylic acids is 1. The molecule has 0 unspecified atom stereocenters. The standard InChI is InChI=1S/C28H32N4O3/c1-19-6-7-22(21(3)12-19)18-32(28-29-15-20(2)16-30-28)10-5-11-35-24-8-9-26-25(14-24)23(13-27(33)34)17-31(26)4/h6-9,12,14-17H,5,10-11,13,18H2,1-4H3,(H,33,34). The lowest BCUT2D eigenvalue weighted by atomic mass is 10.1. The van der Waals surface area contributed by atoms with E-state index < -0.39 is 5.97 Å². The van der Waals surface area contributed by atoms with E-state index in [2.05, 4.69) is 46.9 Å². The predicted octanol–water partition coefficient (Wildman–Crippen LogP) is 5.00. The number of fused-ring (bicyclic) bond motifs is 1. The summed E-state index contributed by atoms with van der Waals surface area (Å²) in [6.45, 7) is 8.22. The second kappa shape index (κ2) is 10.6. The summed E-state index contributed by atoms with van der Waals surface area (Å²) in [4.78, 5) is 22.5. The Hall–Kier alpha value is -3.87. The Morgan fingerprint density at radius 1 is 1.03 bits per heavy atom. The van der Waals surface area contributed by atoms with Crippen molar-refractivity contribution in [2.75, 3.05) is 18.1 Å². The number of carbonyl (C=O) groups is 1. The number of rotatable bonds is 10. The number of hydrogen-bond acceptors (Lipinski definition) is 5. The normalized spacial score (nSPS) is 11.1. The van der Waals surface area contributed by atoms with Crippen LogP contribution in [0, 0.1) is 20.8 Å². The molecule has 2 aromatic carbocycles. The molecule has 0 atom stereocenters. The Labute approximate surface area is 206 Å². The minimum absolute atomic E-state index is 0.00920. The number of aromatic nitrogens is 3. The molecule has 0 aliphatic heterocycles. The van der Waals surface area contributed by atoms with Crippen molar-refractivity contribution < 1.29 is 14.6 Å². The maximum atomic E-state index is 11.2. The lowest BCUT2D eigenvalue weighted by Crippen LogP contribution is -2.27. The molecule has 0 bridgehead atoms. The Morgan fingerprint density at radius 2 is 1.80 bits per heavy atom. The van der Waals surface area contributed by atoms with Gasteiger partial charge in [-0.3, -0.25) is 4.79 Å². The molecule has 182 valence electrons. The van der Waals surface area contributed by atoms with Gasteiger partial charge in [-0.25, -0.2) is 9.97 Å². The fraction of sp³-hybridized carbons (Fsp3) is 0.321. The van der Waals surface area contributed by atoms with Gasteiger partial charge in [0.1, 0.15) is 5.75 Å². The first-order valence-corrected chi connectivity index (χ1v) is 11.8. The number of anilines is 1. The van der Waals surface area contributed by atoms with Crippen LogP contribution in [0.5, 0.6) is 5.75 Å². The van der Waals surface area contributed by atoms with Crippen LogP contribution in [0.1, 0.15) is 34.2 Å². The molecule has 0 fully saturated rings. The van der Waals surface area contributed by atoms with E-state index in [4.69, 9.17) is 4.74 Å². The van der Waals surface area contributed by atoms with Gasteiger partial charge in [0, 0.05) is 49.6 Å². The Balaban J connectivity index is 1.44. The van der Waals surface area contributed by atoms with Crippen LogP contribution in [-0.2, 0) is 24.8 Å². The molecule has 2 aromatic heterocycles. The zero-order valence-electron chi connectivity index (χ0n) is 20.8. The van der Waals surface area contributed by atoms with E-state index in [1.165, 1.54) is 16.7 Å². The first kappa shape index (κ1) is 24.3. The number of nitrogens with zero attached hydrogens (tertiary/aromatic N) is 4. The van der Waals surface area contributed by atoms with Crippen molar-refractivity contribution in [1.82, 2.24) is 14.5 Å². The van der Waals surface area contributed by atoms with Crippen molar-refractivity contribution >= 4 is 22.8 Å². The monoisotopic (exact) mass is 472 g/mol. The van der Waals surface area contributed by atoms with Crippen LogP contribution in [0.25, 0.3) is 10.9 Å². The SMILES string of the molecule is Cc1cnc(N(CCCOc2ccc3c(c2)c(CC(=O)O)cn3C)Cc2ccc(C)cc2C)nc1. The van der Waals surface area contributed by atoms with Crippen molar-refractivity contribution in [1.29, 1.82) is 0 Å². The second-order valence-electron chi connectivity index (χ2n) is 9.13. The van der Waals surface area contributed by atoms with E-state index in [-0.39, 0.29) is 6.42 Å². The molecule has 35 heavy (non-hydrogen) atoms. The van der Waals surface area contributed by atoms with Gasteiger partial charge in [0.05, 0.1) is 13.0 Å². The number of aryl methyl sites for hydroxylation is 4. The van der Waals surface area contributed by atoms with Crippen molar-refractivity contribution in [2.24, 2.45) is 7.05 Å². The van der Waals surface area contributed by atoms with Crippen molar-refractivity contribution in [2.45, 2.75) is 40.2 Å². The number of ether oxygens (including phenoxy) is 1. The molecule has 2 heterocycles. The third kappa shape index (κ3) is 5.98. The molecule has 0 saturated carbocycles. The molecule has 4 aromatic rings. The van der Waals surface area contributed by atoms with Crippen LogP contribution < -0.4 is 9.64 Å². The minimum atomic E-state index is -0.842. The predicted molar refractivity (Wildman–Crippen MR) is 138 cm³/mol. The maximum absolute atomic E-state index is 11.2. The highest BCUT2D eigenvalue weighted by Gasteiger charge is 2.13. The first-order chi connectivity index (χ1) is 16.8. The number of benzene rings is 2. The van der Waals surface area contributed by atoms with E-state index >= 15 is 0 Å². The van der Waals surface area contributed by atoms with Gasteiger partial charge in [-0.05, 0) is 67.6 Å². The van der Waals surface area contributed by atoms with E-state index in [9.17, 15) is 9.90 Å². The van der Waals surface area contributed by atoms with Gasteiger partial charge in [0.2, 0.25) is 5.95 Å². The van der Waals surface area contributed by atoms with Gasteiger partial charge in [0.25, 0.3) is 0 Å². The van der Waals surface area contributed by atoms with Crippen LogP contribution >= 0.6 is 0 Å². The number of carboxylic acid groups (broad SMARTS) is 1. The average molecular weight is 473 g/mol. The highest BCUT2D eigenvalue weighted by molar-refractivity contribution is 5.88.